The summed E-state index contributed by atoms with van der Waals surface area (Å²) in [6.07, 6.45) is 2.01. The molecule has 21 heavy (non-hydrogen) atoms. The van der Waals surface area contributed by atoms with Gasteiger partial charge < -0.3 is 11.1 Å². The van der Waals surface area contributed by atoms with Crippen molar-refractivity contribution in [2.45, 2.75) is 32.7 Å². The molecule has 3 N–H and O–H groups in total. The summed E-state index contributed by atoms with van der Waals surface area (Å²) in [4.78, 5) is 0. The van der Waals surface area contributed by atoms with Crippen LogP contribution in [0.4, 0.5) is 5.69 Å². The molecule has 0 amide bonds. The molecule has 0 fully saturated rings. The first-order valence-electron chi connectivity index (χ1n) is 7.44. The summed E-state index contributed by atoms with van der Waals surface area (Å²) in [5.41, 5.74) is 10.3. The van der Waals surface area contributed by atoms with Gasteiger partial charge in [0.2, 0.25) is 0 Å². The topological polar surface area (TPSA) is 38.0 Å². The van der Waals surface area contributed by atoms with Crippen LogP contribution in [0.5, 0.6) is 0 Å². The van der Waals surface area contributed by atoms with Crippen molar-refractivity contribution >= 4 is 17.3 Å². The molecule has 0 spiro atoms. The Kier molecular flexibility index (Phi) is 5.66. The van der Waals surface area contributed by atoms with Crippen LogP contribution in [0.3, 0.4) is 0 Å². The van der Waals surface area contributed by atoms with Gasteiger partial charge in [0.05, 0.1) is 0 Å². The van der Waals surface area contributed by atoms with Crippen molar-refractivity contribution in [1.29, 1.82) is 0 Å². The van der Waals surface area contributed by atoms with E-state index in [1.165, 1.54) is 11.1 Å². The maximum atomic E-state index is 6.16. The van der Waals surface area contributed by atoms with Gasteiger partial charge in [-0.1, -0.05) is 42.8 Å². The van der Waals surface area contributed by atoms with Gasteiger partial charge in [-0.2, -0.15) is 0 Å². The Morgan fingerprint density at radius 1 is 1.19 bits per heavy atom. The fourth-order valence-corrected chi connectivity index (χ4v) is 2.66. The molecule has 0 aliphatic carbocycles. The van der Waals surface area contributed by atoms with E-state index < -0.39 is 0 Å². The highest BCUT2D eigenvalue weighted by molar-refractivity contribution is 6.31. The van der Waals surface area contributed by atoms with E-state index in [-0.39, 0.29) is 0 Å². The smallest absolute Gasteiger partial charge is 0.0437 e. The molecule has 0 aromatic heterocycles. The number of hydrogen-bond donors (Lipinski definition) is 2. The summed E-state index contributed by atoms with van der Waals surface area (Å²) in [6, 6.07) is 14.7. The molecule has 0 saturated carbocycles. The van der Waals surface area contributed by atoms with Crippen LogP contribution in [0, 0.1) is 6.92 Å². The zero-order chi connectivity index (χ0) is 15.2. The lowest BCUT2D eigenvalue weighted by atomic mass is 10.0. The molecular formula is C18H23ClN2. The molecular weight excluding hydrogens is 280 g/mol. The van der Waals surface area contributed by atoms with Crippen molar-refractivity contribution in [2.75, 3.05) is 12.3 Å². The predicted octanol–water partition coefficient (Wildman–Crippen LogP) is 4.51. The number of halogens is 1. The molecule has 112 valence electrons. The molecule has 1 unspecified atom stereocenters. The molecule has 2 nitrogen and oxygen atoms in total. The number of benzene rings is 2. The van der Waals surface area contributed by atoms with Crippen LogP contribution in [0.15, 0.2) is 42.5 Å². The molecule has 3 heteroatoms. The van der Waals surface area contributed by atoms with Crippen LogP contribution in [-0.4, -0.2) is 6.54 Å². The molecule has 2 rings (SSSR count). The van der Waals surface area contributed by atoms with Gasteiger partial charge in [-0.25, -0.2) is 0 Å². The summed E-state index contributed by atoms with van der Waals surface area (Å²) < 4.78 is 0. The molecule has 2 aromatic carbocycles. The van der Waals surface area contributed by atoms with Gasteiger partial charge in [-0.3, -0.25) is 0 Å². The van der Waals surface area contributed by atoms with Gasteiger partial charge in [0.25, 0.3) is 0 Å². The largest absolute Gasteiger partial charge is 0.399 e. The highest BCUT2D eigenvalue weighted by Crippen LogP contribution is 2.20. The third kappa shape index (κ3) is 4.48. The number of nitrogens with one attached hydrogen (secondary N) is 1. The van der Waals surface area contributed by atoms with Crippen LogP contribution in [0.25, 0.3) is 0 Å². The number of aryl methyl sites for hydroxylation is 1. The monoisotopic (exact) mass is 302 g/mol. The number of nitrogen functional groups attached to an aromatic ring is 1. The van der Waals surface area contributed by atoms with E-state index in [0.29, 0.717) is 6.04 Å². The predicted molar refractivity (Wildman–Crippen MR) is 91.8 cm³/mol. The second-order valence-corrected chi connectivity index (χ2v) is 5.83. The number of hydrogen-bond acceptors (Lipinski definition) is 2. The van der Waals surface area contributed by atoms with E-state index in [2.05, 4.69) is 36.5 Å². The lowest BCUT2D eigenvalue weighted by Gasteiger charge is -2.18. The fraction of sp³-hybridized carbons (Fsp3) is 0.333. The maximum Gasteiger partial charge on any atom is 0.0437 e. The second-order valence-electron chi connectivity index (χ2n) is 5.42. The van der Waals surface area contributed by atoms with Crippen LogP contribution < -0.4 is 11.1 Å². The summed E-state index contributed by atoms with van der Waals surface area (Å²) in [6.45, 7) is 5.13. The Balaban J connectivity index is 1.93. The average molecular weight is 303 g/mol. The first-order valence-corrected chi connectivity index (χ1v) is 7.81. The zero-order valence-electron chi connectivity index (χ0n) is 12.7. The fourth-order valence-electron chi connectivity index (χ4n) is 2.46. The van der Waals surface area contributed by atoms with Crippen LogP contribution in [0.2, 0.25) is 5.02 Å². The highest BCUT2D eigenvalue weighted by Gasteiger charge is 2.08. The quantitative estimate of drug-likeness (QED) is 0.770. The van der Waals surface area contributed by atoms with Crippen molar-refractivity contribution in [3.05, 3.63) is 64.2 Å². The molecule has 0 saturated heterocycles. The first-order chi connectivity index (χ1) is 10.1. The van der Waals surface area contributed by atoms with E-state index in [4.69, 9.17) is 17.3 Å². The van der Waals surface area contributed by atoms with E-state index in [1.807, 2.05) is 25.1 Å². The SMILES string of the molecule is CCC(NCCc1ccc(C)c(Cl)c1)c1cccc(N)c1. The van der Waals surface area contributed by atoms with E-state index in [9.17, 15) is 0 Å². The van der Waals surface area contributed by atoms with Gasteiger partial charge >= 0.3 is 0 Å². The van der Waals surface area contributed by atoms with E-state index >= 15 is 0 Å². The number of nitrogens with two attached hydrogens (primary N) is 1. The third-order valence-corrected chi connectivity index (χ3v) is 4.17. The van der Waals surface area contributed by atoms with Crippen LogP contribution in [-0.2, 0) is 6.42 Å². The first kappa shape index (κ1) is 15.9. The van der Waals surface area contributed by atoms with Crippen molar-refractivity contribution in [3.63, 3.8) is 0 Å². The summed E-state index contributed by atoms with van der Waals surface area (Å²) in [5.74, 6) is 0. The standard InChI is InChI=1S/C18H23ClN2/c1-3-18(15-5-4-6-16(20)12-15)21-10-9-14-8-7-13(2)17(19)11-14/h4-8,11-12,18,21H,3,9-10,20H2,1-2H3. The molecule has 0 heterocycles. The second kappa shape index (κ2) is 7.48. The van der Waals surface area contributed by atoms with E-state index in [1.54, 1.807) is 0 Å². The van der Waals surface area contributed by atoms with Crippen molar-refractivity contribution in [3.8, 4) is 0 Å². The highest BCUT2D eigenvalue weighted by atomic mass is 35.5. The lowest BCUT2D eigenvalue weighted by molar-refractivity contribution is 0.523. The Labute approximate surface area is 132 Å². The Hall–Kier alpha value is -1.51. The molecule has 2 aromatic rings. The number of rotatable bonds is 6. The van der Waals surface area contributed by atoms with E-state index in [0.717, 1.165) is 35.7 Å². The molecule has 0 bridgehead atoms. The molecule has 0 aliphatic rings. The lowest BCUT2D eigenvalue weighted by Crippen LogP contribution is -2.23. The molecule has 1 atom stereocenters. The Bertz CT molecular complexity index is 596. The minimum atomic E-state index is 0.342. The molecule has 0 aliphatic heterocycles. The summed E-state index contributed by atoms with van der Waals surface area (Å²) >= 11 is 6.16. The zero-order valence-corrected chi connectivity index (χ0v) is 13.5. The van der Waals surface area contributed by atoms with Crippen molar-refractivity contribution < 1.29 is 0 Å². The van der Waals surface area contributed by atoms with Gasteiger partial charge in [0.1, 0.15) is 0 Å². The minimum absolute atomic E-state index is 0.342. The van der Waals surface area contributed by atoms with Gasteiger partial charge in [0, 0.05) is 16.8 Å². The number of anilines is 1. The Morgan fingerprint density at radius 2 is 2.00 bits per heavy atom. The normalized spacial score (nSPS) is 12.3. The van der Waals surface area contributed by atoms with Gasteiger partial charge in [-0.05, 0) is 61.2 Å². The van der Waals surface area contributed by atoms with Gasteiger partial charge in [0.15, 0.2) is 0 Å². The van der Waals surface area contributed by atoms with Crippen molar-refractivity contribution in [2.24, 2.45) is 0 Å². The van der Waals surface area contributed by atoms with Crippen LogP contribution >= 0.6 is 11.6 Å². The molecule has 0 radical (unpaired) electrons. The summed E-state index contributed by atoms with van der Waals surface area (Å²) in [5, 5.41) is 4.44. The van der Waals surface area contributed by atoms with Gasteiger partial charge in [-0.15, -0.1) is 0 Å². The maximum absolute atomic E-state index is 6.16. The average Bonchev–Trinajstić information content (AvgIpc) is 2.47. The summed E-state index contributed by atoms with van der Waals surface area (Å²) in [7, 11) is 0. The van der Waals surface area contributed by atoms with Crippen LogP contribution in [0.1, 0.15) is 36.1 Å². The van der Waals surface area contributed by atoms with Crippen molar-refractivity contribution in [1.82, 2.24) is 5.32 Å². The Morgan fingerprint density at radius 3 is 2.67 bits per heavy atom. The third-order valence-electron chi connectivity index (χ3n) is 3.76. The minimum Gasteiger partial charge on any atom is -0.399 e.